The SMILES string of the molecule is C[C@H](O)[C@@H]1C(=O)N2[C@@H]1SC(C)(C)[C@@H]2C(=O)O. The van der Waals surface area contributed by atoms with Crippen LogP contribution in [0.25, 0.3) is 0 Å². The molecule has 0 aromatic rings. The van der Waals surface area contributed by atoms with Crippen molar-refractivity contribution >= 4 is 23.6 Å². The van der Waals surface area contributed by atoms with Gasteiger partial charge in [0.15, 0.2) is 0 Å². The molecule has 2 rings (SSSR count). The highest BCUT2D eigenvalue weighted by molar-refractivity contribution is 8.01. The number of hydrogen-bond acceptors (Lipinski definition) is 4. The molecule has 0 unspecified atom stereocenters. The van der Waals surface area contributed by atoms with Crippen molar-refractivity contribution in [2.45, 2.75) is 43.0 Å². The van der Waals surface area contributed by atoms with Crippen molar-refractivity contribution in [3.63, 3.8) is 0 Å². The smallest absolute Gasteiger partial charge is 0.327 e. The van der Waals surface area contributed by atoms with Gasteiger partial charge in [-0.2, -0.15) is 0 Å². The minimum Gasteiger partial charge on any atom is -0.480 e. The Kier molecular flexibility index (Phi) is 2.47. The monoisotopic (exact) mass is 245 g/mol. The number of thioether (sulfide) groups is 1. The van der Waals surface area contributed by atoms with Crippen molar-refractivity contribution in [1.82, 2.24) is 4.90 Å². The van der Waals surface area contributed by atoms with Crippen LogP contribution in [0.4, 0.5) is 0 Å². The molecule has 5 nitrogen and oxygen atoms in total. The number of amides is 1. The molecule has 2 saturated heterocycles. The number of fused-ring (bicyclic) bond motifs is 1. The fourth-order valence-electron chi connectivity index (χ4n) is 2.49. The summed E-state index contributed by atoms with van der Waals surface area (Å²) in [6, 6.07) is -0.787. The zero-order valence-electron chi connectivity index (χ0n) is 9.38. The number of nitrogens with zero attached hydrogens (tertiary/aromatic N) is 1. The van der Waals surface area contributed by atoms with E-state index in [-0.39, 0.29) is 11.3 Å². The van der Waals surface area contributed by atoms with Crippen LogP contribution in [0.1, 0.15) is 20.8 Å². The molecule has 0 spiro atoms. The van der Waals surface area contributed by atoms with Crippen LogP contribution in [0.5, 0.6) is 0 Å². The molecule has 0 aromatic carbocycles. The van der Waals surface area contributed by atoms with Crippen molar-refractivity contribution in [2.75, 3.05) is 0 Å². The summed E-state index contributed by atoms with van der Waals surface area (Å²) < 4.78 is -0.504. The minimum absolute atomic E-state index is 0.191. The maximum Gasteiger partial charge on any atom is 0.327 e. The number of rotatable bonds is 2. The van der Waals surface area contributed by atoms with Gasteiger partial charge in [0.25, 0.3) is 0 Å². The number of hydrogen-bond donors (Lipinski definition) is 2. The first kappa shape index (κ1) is 11.7. The van der Waals surface area contributed by atoms with Crippen LogP contribution in [-0.2, 0) is 9.59 Å². The summed E-state index contributed by atoms with van der Waals surface area (Å²) in [6.07, 6.45) is -0.718. The molecule has 1 amide bonds. The van der Waals surface area contributed by atoms with Crippen LogP contribution >= 0.6 is 11.8 Å². The summed E-state index contributed by atoms with van der Waals surface area (Å²) in [5.41, 5.74) is 0. The Hall–Kier alpha value is -0.750. The van der Waals surface area contributed by atoms with Gasteiger partial charge in [-0.15, -0.1) is 11.8 Å². The van der Waals surface area contributed by atoms with Gasteiger partial charge >= 0.3 is 5.97 Å². The Balaban J connectivity index is 2.28. The Bertz CT molecular complexity index is 355. The third-order valence-corrected chi connectivity index (χ3v) is 4.83. The van der Waals surface area contributed by atoms with E-state index < -0.39 is 28.8 Å². The lowest BCUT2D eigenvalue weighted by Crippen LogP contribution is -2.65. The Morgan fingerprint density at radius 2 is 2.12 bits per heavy atom. The minimum atomic E-state index is -0.975. The van der Waals surface area contributed by atoms with Gasteiger partial charge in [-0.25, -0.2) is 4.79 Å². The van der Waals surface area contributed by atoms with E-state index in [1.54, 1.807) is 6.92 Å². The van der Waals surface area contributed by atoms with Crippen LogP contribution < -0.4 is 0 Å². The van der Waals surface area contributed by atoms with Crippen LogP contribution in [0, 0.1) is 5.92 Å². The first-order chi connectivity index (χ1) is 7.27. The van der Waals surface area contributed by atoms with Gasteiger partial charge in [-0.1, -0.05) is 0 Å². The number of carboxylic acids is 1. The van der Waals surface area contributed by atoms with Gasteiger partial charge in [-0.3, -0.25) is 4.79 Å². The fourth-order valence-corrected chi connectivity index (χ4v) is 4.28. The fraction of sp³-hybridized carbons (Fsp3) is 0.800. The van der Waals surface area contributed by atoms with Crippen molar-refractivity contribution in [3.05, 3.63) is 0 Å². The number of carboxylic acid groups (broad SMARTS) is 1. The van der Waals surface area contributed by atoms with Gasteiger partial charge < -0.3 is 15.1 Å². The average Bonchev–Trinajstić information content (AvgIpc) is 2.33. The Morgan fingerprint density at radius 3 is 2.56 bits per heavy atom. The molecule has 16 heavy (non-hydrogen) atoms. The highest BCUT2D eigenvalue weighted by Crippen LogP contribution is 2.53. The second-order valence-corrected chi connectivity index (χ2v) is 6.64. The molecule has 90 valence electrons. The van der Waals surface area contributed by atoms with E-state index >= 15 is 0 Å². The maximum atomic E-state index is 11.8. The zero-order valence-corrected chi connectivity index (χ0v) is 10.2. The van der Waals surface area contributed by atoms with Crippen LogP contribution in [0.2, 0.25) is 0 Å². The number of carbonyl (C=O) groups excluding carboxylic acids is 1. The second kappa shape index (κ2) is 3.37. The van der Waals surface area contributed by atoms with Gasteiger partial charge in [0, 0.05) is 4.75 Å². The van der Waals surface area contributed by atoms with E-state index in [1.165, 1.54) is 16.7 Å². The number of aliphatic carboxylic acids is 1. The Labute approximate surface area is 97.8 Å². The quantitative estimate of drug-likeness (QED) is 0.676. The predicted molar refractivity (Wildman–Crippen MR) is 58.9 cm³/mol. The molecule has 2 aliphatic heterocycles. The van der Waals surface area contributed by atoms with Crippen molar-refractivity contribution < 1.29 is 19.8 Å². The molecule has 4 atom stereocenters. The number of aliphatic hydroxyl groups excluding tert-OH is 1. The molecular formula is C10H15NO4S. The van der Waals surface area contributed by atoms with Gasteiger partial charge in [0.05, 0.1) is 17.4 Å². The number of carbonyl (C=O) groups is 2. The van der Waals surface area contributed by atoms with Crippen LogP contribution in [0.15, 0.2) is 0 Å². The topological polar surface area (TPSA) is 77.8 Å². The lowest BCUT2D eigenvalue weighted by atomic mass is 9.88. The molecule has 0 bridgehead atoms. The summed E-state index contributed by atoms with van der Waals surface area (Å²) >= 11 is 1.46. The molecule has 0 radical (unpaired) electrons. The summed E-state index contributed by atoms with van der Waals surface area (Å²) in [5, 5.41) is 18.4. The van der Waals surface area contributed by atoms with E-state index in [9.17, 15) is 14.7 Å². The third-order valence-electron chi connectivity index (χ3n) is 3.24. The maximum absolute atomic E-state index is 11.8. The van der Waals surface area contributed by atoms with E-state index in [0.29, 0.717) is 0 Å². The lowest BCUT2D eigenvalue weighted by Gasteiger charge is -2.44. The normalized spacial score (nSPS) is 37.9. The van der Waals surface area contributed by atoms with Gasteiger partial charge in [0.1, 0.15) is 6.04 Å². The lowest BCUT2D eigenvalue weighted by molar-refractivity contribution is -0.168. The number of aliphatic hydroxyl groups is 1. The molecule has 0 aliphatic carbocycles. The van der Waals surface area contributed by atoms with E-state index in [2.05, 4.69) is 0 Å². The average molecular weight is 245 g/mol. The van der Waals surface area contributed by atoms with Crippen LogP contribution in [0.3, 0.4) is 0 Å². The summed E-state index contributed by atoms with van der Waals surface area (Å²) in [6.45, 7) is 5.21. The highest BCUT2D eigenvalue weighted by atomic mass is 32.2. The third kappa shape index (κ3) is 1.36. The van der Waals surface area contributed by atoms with Gasteiger partial charge in [-0.05, 0) is 20.8 Å². The standard InChI is InChI=1S/C10H15NO4S/c1-4(12)5-7(13)11-6(9(14)15)10(2,3)16-8(5)11/h4-6,8,12H,1-3H3,(H,14,15)/t4-,5+,6-,8+/m0/s1. The largest absolute Gasteiger partial charge is 0.480 e. The van der Waals surface area contributed by atoms with Crippen LogP contribution in [-0.4, -0.2) is 49.3 Å². The zero-order chi connectivity index (χ0) is 12.2. The molecule has 6 heteroatoms. The van der Waals surface area contributed by atoms with Crippen molar-refractivity contribution in [2.24, 2.45) is 5.92 Å². The first-order valence-electron chi connectivity index (χ1n) is 5.18. The molecular weight excluding hydrogens is 230 g/mol. The molecule has 2 fully saturated rings. The molecule has 2 N–H and O–H groups in total. The van der Waals surface area contributed by atoms with Gasteiger partial charge in [0.2, 0.25) is 5.91 Å². The van der Waals surface area contributed by atoms with E-state index in [1.807, 2.05) is 13.8 Å². The molecule has 2 aliphatic rings. The first-order valence-corrected chi connectivity index (χ1v) is 6.06. The van der Waals surface area contributed by atoms with E-state index in [0.717, 1.165) is 0 Å². The Morgan fingerprint density at radius 1 is 1.56 bits per heavy atom. The second-order valence-electron chi connectivity index (χ2n) is 4.86. The summed E-state index contributed by atoms with van der Waals surface area (Å²) in [5.74, 6) is -1.67. The molecule has 0 saturated carbocycles. The summed E-state index contributed by atoms with van der Waals surface area (Å²) in [7, 11) is 0. The summed E-state index contributed by atoms with van der Waals surface area (Å²) in [4.78, 5) is 24.3. The predicted octanol–water partition coefficient (Wildman–Crippen LogP) is 0.130. The molecule has 0 aromatic heterocycles. The van der Waals surface area contributed by atoms with E-state index in [4.69, 9.17) is 5.11 Å². The highest BCUT2D eigenvalue weighted by Gasteiger charge is 2.64. The number of β-lactam (4-membered cyclic amide) rings is 1. The molecule has 2 heterocycles. The van der Waals surface area contributed by atoms with Crippen molar-refractivity contribution in [1.29, 1.82) is 0 Å². The van der Waals surface area contributed by atoms with Crippen molar-refractivity contribution in [3.8, 4) is 0 Å².